The Balaban J connectivity index is 1.75. The van der Waals surface area contributed by atoms with E-state index in [1.54, 1.807) is 0 Å². The molecule has 116 valence electrons. The predicted octanol–water partition coefficient (Wildman–Crippen LogP) is 3.46. The van der Waals surface area contributed by atoms with Gasteiger partial charge in [0.25, 0.3) is 0 Å². The maximum absolute atomic E-state index is 12.1. The Kier molecular flexibility index (Phi) is 6.74. The van der Waals surface area contributed by atoms with Gasteiger partial charge in [0.2, 0.25) is 0 Å². The summed E-state index contributed by atoms with van der Waals surface area (Å²) in [7, 11) is 0. The Hall–Kier alpha value is -1.35. The lowest BCUT2D eigenvalue weighted by Crippen LogP contribution is -2.35. The highest BCUT2D eigenvalue weighted by Gasteiger charge is 2.14. The molecule has 1 fully saturated rings. The molecule has 3 nitrogen and oxygen atoms in total. The van der Waals surface area contributed by atoms with Crippen LogP contribution < -0.4 is 4.74 Å². The van der Waals surface area contributed by atoms with Gasteiger partial charge in [-0.1, -0.05) is 31.9 Å². The average molecular weight is 289 g/mol. The highest BCUT2D eigenvalue weighted by molar-refractivity contribution is 5.82. The Bertz CT molecular complexity index is 421. The smallest absolute Gasteiger partial charge is 0.151 e. The summed E-state index contributed by atoms with van der Waals surface area (Å²) in [6, 6.07) is 7.96. The van der Waals surface area contributed by atoms with E-state index in [0.29, 0.717) is 18.7 Å². The molecule has 1 aliphatic rings. The van der Waals surface area contributed by atoms with E-state index >= 15 is 0 Å². The van der Waals surface area contributed by atoms with Crippen molar-refractivity contribution < 1.29 is 9.53 Å². The van der Waals surface area contributed by atoms with Gasteiger partial charge in [0, 0.05) is 6.42 Å². The van der Waals surface area contributed by atoms with Crippen LogP contribution in [0.4, 0.5) is 0 Å². The number of ketones is 1. The third-order valence-electron chi connectivity index (χ3n) is 3.94. The zero-order valence-corrected chi connectivity index (χ0v) is 13.1. The van der Waals surface area contributed by atoms with Gasteiger partial charge in [-0.3, -0.25) is 9.69 Å². The highest BCUT2D eigenvalue weighted by atomic mass is 16.5. The van der Waals surface area contributed by atoms with Crippen LogP contribution in [-0.4, -0.2) is 36.9 Å². The number of carbonyl (C=O) groups is 1. The first-order chi connectivity index (χ1) is 10.3. The fourth-order valence-electron chi connectivity index (χ4n) is 2.69. The van der Waals surface area contributed by atoms with Gasteiger partial charge >= 0.3 is 0 Å². The van der Waals surface area contributed by atoms with Crippen molar-refractivity contribution in [2.45, 2.75) is 45.4 Å². The number of rotatable bonds is 8. The number of hydrogen-bond acceptors (Lipinski definition) is 3. The fourth-order valence-corrected chi connectivity index (χ4v) is 2.69. The van der Waals surface area contributed by atoms with E-state index in [1.807, 2.05) is 24.3 Å². The van der Waals surface area contributed by atoms with Gasteiger partial charge < -0.3 is 4.74 Å². The molecule has 1 aromatic rings. The largest absolute Gasteiger partial charge is 0.494 e. The molecule has 21 heavy (non-hydrogen) atoms. The van der Waals surface area contributed by atoms with Crippen LogP contribution in [-0.2, 0) is 11.2 Å². The summed E-state index contributed by atoms with van der Waals surface area (Å²) in [5.41, 5.74) is 1.08. The molecule has 1 heterocycles. The summed E-state index contributed by atoms with van der Waals surface area (Å²) in [6.45, 7) is 5.69. The zero-order valence-electron chi connectivity index (χ0n) is 13.1. The fraction of sp³-hybridized carbons (Fsp3) is 0.611. The number of nitrogens with zero attached hydrogens (tertiary/aromatic N) is 1. The second-order valence-electron chi connectivity index (χ2n) is 5.90. The number of unbranched alkanes of at least 4 members (excludes halogenated alkanes) is 1. The van der Waals surface area contributed by atoms with Crippen LogP contribution in [0, 0.1) is 0 Å². The topological polar surface area (TPSA) is 29.5 Å². The molecule has 0 saturated carbocycles. The summed E-state index contributed by atoms with van der Waals surface area (Å²) in [5, 5.41) is 0. The van der Waals surface area contributed by atoms with Gasteiger partial charge in [0.1, 0.15) is 5.75 Å². The summed E-state index contributed by atoms with van der Waals surface area (Å²) in [5.74, 6) is 1.22. The number of likely N-dealkylation sites (tertiary alicyclic amines) is 1. The van der Waals surface area contributed by atoms with Gasteiger partial charge in [0.05, 0.1) is 13.2 Å². The lowest BCUT2D eigenvalue weighted by Gasteiger charge is -2.25. The average Bonchev–Trinajstić information content (AvgIpc) is 2.50. The molecule has 3 heteroatoms. The molecule has 0 bridgehead atoms. The van der Waals surface area contributed by atoms with Crippen LogP contribution in [0.3, 0.4) is 0 Å². The minimum atomic E-state index is 0.316. The number of benzene rings is 1. The van der Waals surface area contributed by atoms with Crippen molar-refractivity contribution in [2.24, 2.45) is 0 Å². The first-order valence-electron chi connectivity index (χ1n) is 8.23. The second-order valence-corrected chi connectivity index (χ2v) is 5.90. The minimum Gasteiger partial charge on any atom is -0.494 e. The van der Waals surface area contributed by atoms with Gasteiger partial charge in [0.15, 0.2) is 5.78 Å². The van der Waals surface area contributed by atoms with E-state index in [1.165, 1.54) is 19.3 Å². The predicted molar refractivity (Wildman–Crippen MR) is 85.8 cm³/mol. The van der Waals surface area contributed by atoms with E-state index in [4.69, 9.17) is 4.74 Å². The van der Waals surface area contributed by atoms with Crippen LogP contribution in [0.5, 0.6) is 5.75 Å². The van der Waals surface area contributed by atoms with Crippen molar-refractivity contribution in [1.29, 1.82) is 0 Å². The quantitative estimate of drug-likeness (QED) is 0.686. The molecule has 0 unspecified atom stereocenters. The molecule has 0 aliphatic carbocycles. The van der Waals surface area contributed by atoms with Crippen molar-refractivity contribution >= 4 is 5.78 Å². The van der Waals surface area contributed by atoms with Crippen molar-refractivity contribution in [1.82, 2.24) is 4.90 Å². The lowest BCUT2D eigenvalue weighted by atomic mass is 10.1. The zero-order chi connectivity index (χ0) is 14.9. The summed E-state index contributed by atoms with van der Waals surface area (Å²) >= 11 is 0. The van der Waals surface area contributed by atoms with E-state index < -0.39 is 0 Å². The molecule has 0 atom stereocenters. The molecule has 1 aromatic carbocycles. The molecule has 0 amide bonds. The molecule has 0 aromatic heterocycles. The molecular formula is C18H27NO2. The second kappa shape index (κ2) is 8.83. The number of carbonyl (C=O) groups excluding carboxylic acids is 1. The van der Waals surface area contributed by atoms with E-state index in [2.05, 4.69) is 11.8 Å². The Morgan fingerprint density at radius 1 is 1.14 bits per heavy atom. The molecule has 2 rings (SSSR count). The maximum atomic E-state index is 12.1. The van der Waals surface area contributed by atoms with Crippen molar-refractivity contribution in [3.05, 3.63) is 29.8 Å². The third-order valence-corrected chi connectivity index (χ3v) is 3.94. The standard InChI is InChI=1S/C18H27NO2/c1-2-3-13-21-18-9-7-16(8-10-18)14-17(20)15-19-11-5-4-6-12-19/h7-10H,2-6,11-15H2,1H3. The van der Waals surface area contributed by atoms with Gasteiger partial charge in [-0.25, -0.2) is 0 Å². The number of hydrogen-bond donors (Lipinski definition) is 0. The number of piperidine rings is 1. The molecule has 0 radical (unpaired) electrons. The van der Waals surface area contributed by atoms with E-state index in [9.17, 15) is 4.79 Å². The first kappa shape index (κ1) is 16.0. The summed E-state index contributed by atoms with van der Waals surface area (Å²) < 4.78 is 5.63. The number of Topliss-reactive ketones (excluding diaryl/α,β-unsaturated/α-hetero) is 1. The van der Waals surface area contributed by atoms with Gasteiger partial charge in [-0.2, -0.15) is 0 Å². The number of ether oxygens (including phenoxy) is 1. The summed E-state index contributed by atoms with van der Waals surface area (Å²) in [6.07, 6.45) is 6.53. The molecule has 0 N–H and O–H groups in total. The van der Waals surface area contributed by atoms with Crippen molar-refractivity contribution in [3.63, 3.8) is 0 Å². The highest BCUT2D eigenvalue weighted by Crippen LogP contribution is 2.14. The van der Waals surface area contributed by atoms with E-state index in [0.717, 1.165) is 43.9 Å². The van der Waals surface area contributed by atoms with Crippen molar-refractivity contribution in [2.75, 3.05) is 26.2 Å². The van der Waals surface area contributed by atoms with Crippen LogP contribution in [0.25, 0.3) is 0 Å². The molecule has 1 aliphatic heterocycles. The van der Waals surface area contributed by atoms with Crippen LogP contribution in [0.2, 0.25) is 0 Å². The monoisotopic (exact) mass is 289 g/mol. The Labute approximate surface area is 128 Å². The van der Waals surface area contributed by atoms with Crippen LogP contribution >= 0.6 is 0 Å². The van der Waals surface area contributed by atoms with Crippen LogP contribution in [0.15, 0.2) is 24.3 Å². The SMILES string of the molecule is CCCCOc1ccc(CC(=O)CN2CCCCC2)cc1. The molecule has 0 spiro atoms. The maximum Gasteiger partial charge on any atom is 0.151 e. The lowest BCUT2D eigenvalue weighted by molar-refractivity contribution is -0.119. The first-order valence-corrected chi connectivity index (χ1v) is 8.23. The Morgan fingerprint density at radius 3 is 2.52 bits per heavy atom. The van der Waals surface area contributed by atoms with Crippen molar-refractivity contribution in [3.8, 4) is 5.75 Å². The molecular weight excluding hydrogens is 262 g/mol. The minimum absolute atomic E-state index is 0.316. The van der Waals surface area contributed by atoms with Gasteiger partial charge in [-0.05, 0) is 50.0 Å². The van der Waals surface area contributed by atoms with Crippen LogP contribution in [0.1, 0.15) is 44.6 Å². The molecule has 1 saturated heterocycles. The normalized spacial score (nSPS) is 15.9. The van der Waals surface area contributed by atoms with Gasteiger partial charge in [-0.15, -0.1) is 0 Å². The third kappa shape index (κ3) is 5.88. The Morgan fingerprint density at radius 2 is 1.86 bits per heavy atom. The van der Waals surface area contributed by atoms with E-state index in [-0.39, 0.29) is 0 Å². The summed E-state index contributed by atoms with van der Waals surface area (Å²) in [4.78, 5) is 14.4.